The van der Waals surface area contributed by atoms with Gasteiger partial charge >= 0.3 is 0 Å². The van der Waals surface area contributed by atoms with Gasteiger partial charge in [0, 0.05) is 35.7 Å². The number of fused-ring (bicyclic) bond motifs is 4. The second kappa shape index (κ2) is 5.06. The molecule has 3 nitrogen and oxygen atoms in total. The van der Waals surface area contributed by atoms with E-state index in [0.717, 1.165) is 34.1 Å². The van der Waals surface area contributed by atoms with E-state index >= 15 is 0 Å². The number of para-hydroxylation sites is 1. The summed E-state index contributed by atoms with van der Waals surface area (Å²) in [6, 6.07) is 8.86. The largest absolute Gasteiger partial charge is 0.356 e. The number of aromatic nitrogens is 1. The first-order valence-electron chi connectivity index (χ1n) is 7.52. The number of halogens is 1. The molecule has 1 aromatic carbocycles. The molecule has 20 heavy (non-hydrogen) atoms. The Morgan fingerprint density at radius 1 is 1.25 bits per heavy atom. The highest BCUT2D eigenvalue weighted by Crippen LogP contribution is 2.29. The molecule has 3 aliphatic heterocycles. The molecule has 0 radical (unpaired) electrons. The van der Waals surface area contributed by atoms with E-state index in [1.165, 1.54) is 32.5 Å². The quantitative estimate of drug-likeness (QED) is 0.910. The number of aromatic amines is 1. The number of nitrogens with zero attached hydrogens (tertiary/aromatic N) is 1. The number of benzene rings is 1. The van der Waals surface area contributed by atoms with Crippen LogP contribution in [0.25, 0.3) is 10.9 Å². The summed E-state index contributed by atoms with van der Waals surface area (Å²) in [4.78, 5) is 6.01. The zero-order valence-electron chi connectivity index (χ0n) is 11.5. The summed E-state index contributed by atoms with van der Waals surface area (Å²) in [5, 5.41) is 5.71. The Morgan fingerprint density at radius 2 is 2.05 bits per heavy atom. The standard InChI is InChI=1S/C16H20ClN3/c17-16-12-3-1-2-4-13(12)19-14(16)9-18-15-10-20-7-5-11(15)6-8-20/h1-4,11,15,18-19H,5-10H2. The minimum Gasteiger partial charge on any atom is -0.356 e. The summed E-state index contributed by atoms with van der Waals surface area (Å²) >= 11 is 6.47. The molecule has 5 rings (SSSR count). The van der Waals surface area contributed by atoms with Crippen molar-refractivity contribution in [2.75, 3.05) is 19.6 Å². The van der Waals surface area contributed by atoms with E-state index in [1.807, 2.05) is 12.1 Å². The second-order valence-corrected chi connectivity index (χ2v) is 6.47. The molecular weight excluding hydrogens is 270 g/mol. The molecule has 4 heterocycles. The van der Waals surface area contributed by atoms with Crippen molar-refractivity contribution in [1.29, 1.82) is 0 Å². The number of hydrogen-bond acceptors (Lipinski definition) is 2. The molecule has 0 spiro atoms. The molecule has 0 amide bonds. The highest BCUT2D eigenvalue weighted by atomic mass is 35.5. The number of rotatable bonds is 3. The van der Waals surface area contributed by atoms with E-state index in [-0.39, 0.29) is 0 Å². The second-order valence-electron chi connectivity index (χ2n) is 6.09. The number of nitrogens with one attached hydrogen (secondary N) is 2. The van der Waals surface area contributed by atoms with Crippen molar-refractivity contribution in [2.45, 2.75) is 25.4 Å². The van der Waals surface area contributed by atoms with E-state index in [2.05, 4.69) is 27.3 Å². The zero-order chi connectivity index (χ0) is 13.5. The van der Waals surface area contributed by atoms with Crippen molar-refractivity contribution in [3.8, 4) is 0 Å². The van der Waals surface area contributed by atoms with Crippen molar-refractivity contribution < 1.29 is 0 Å². The lowest BCUT2D eigenvalue weighted by atomic mass is 9.84. The van der Waals surface area contributed by atoms with Crippen LogP contribution in [0.2, 0.25) is 5.02 Å². The third kappa shape index (κ3) is 2.14. The third-order valence-electron chi connectivity index (χ3n) is 4.91. The molecule has 1 unspecified atom stereocenters. The lowest BCUT2D eigenvalue weighted by Gasteiger charge is -2.45. The molecule has 2 aromatic rings. The van der Waals surface area contributed by atoms with Crippen LogP contribution in [0.1, 0.15) is 18.5 Å². The minimum atomic E-state index is 0.625. The van der Waals surface area contributed by atoms with Gasteiger partial charge in [-0.3, -0.25) is 0 Å². The van der Waals surface area contributed by atoms with Gasteiger partial charge in [0.15, 0.2) is 0 Å². The molecule has 0 aliphatic carbocycles. The van der Waals surface area contributed by atoms with Crippen LogP contribution in [0.3, 0.4) is 0 Å². The topological polar surface area (TPSA) is 31.1 Å². The molecule has 2 N–H and O–H groups in total. The van der Waals surface area contributed by atoms with E-state index in [1.54, 1.807) is 0 Å². The maximum Gasteiger partial charge on any atom is 0.0705 e. The van der Waals surface area contributed by atoms with E-state index in [9.17, 15) is 0 Å². The minimum absolute atomic E-state index is 0.625. The molecule has 3 saturated heterocycles. The predicted octanol–water partition coefficient (Wildman–Crippen LogP) is 3.01. The van der Waals surface area contributed by atoms with Crippen LogP contribution in [0, 0.1) is 5.92 Å². The van der Waals surface area contributed by atoms with Crippen LogP contribution in [0.4, 0.5) is 0 Å². The Hall–Kier alpha value is -1.03. The molecule has 4 heteroatoms. The maximum atomic E-state index is 6.47. The van der Waals surface area contributed by atoms with Crippen LogP contribution in [0.5, 0.6) is 0 Å². The Balaban J connectivity index is 1.49. The monoisotopic (exact) mass is 289 g/mol. The van der Waals surface area contributed by atoms with Crippen LogP contribution < -0.4 is 5.32 Å². The predicted molar refractivity (Wildman–Crippen MR) is 83.1 cm³/mol. The fourth-order valence-corrected chi connectivity index (χ4v) is 3.99. The van der Waals surface area contributed by atoms with Gasteiger partial charge in [-0.15, -0.1) is 0 Å². The molecule has 3 fully saturated rings. The van der Waals surface area contributed by atoms with Crippen molar-refractivity contribution in [3.05, 3.63) is 35.0 Å². The molecule has 3 aliphatic rings. The summed E-state index contributed by atoms with van der Waals surface area (Å²) in [7, 11) is 0. The number of hydrogen-bond donors (Lipinski definition) is 2. The molecule has 1 aromatic heterocycles. The summed E-state index contributed by atoms with van der Waals surface area (Å²) in [5.74, 6) is 0.850. The smallest absolute Gasteiger partial charge is 0.0705 e. The molecular formula is C16H20ClN3. The Morgan fingerprint density at radius 3 is 2.75 bits per heavy atom. The highest BCUT2D eigenvalue weighted by Gasteiger charge is 2.33. The normalized spacial score (nSPS) is 29.1. The van der Waals surface area contributed by atoms with Gasteiger partial charge in [0.25, 0.3) is 0 Å². The Kier molecular flexibility index (Phi) is 3.21. The first-order chi connectivity index (χ1) is 9.81. The van der Waals surface area contributed by atoms with E-state index < -0.39 is 0 Å². The van der Waals surface area contributed by atoms with Crippen LogP contribution in [0.15, 0.2) is 24.3 Å². The van der Waals surface area contributed by atoms with E-state index in [4.69, 9.17) is 11.6 Å². The first-order valence-corrected chi connectivity index (χ1v) is 7.90. The van der Waals surface area contributed by atoms with Crippen molar-refractivity contribution in [1.82, 2.24) is 15.2 Å². The number of H-pyrrole nitrogens is 1. The van der Waals surface area contributed by atoms with Gasteiger partial charge < -0.3 is 15.2 Å². The average molecular weight is 290 g/mol. The van der Waals surface area contributed by atoms with E-state index in [0.29, 0.717) is 6.04 Å². The molecule has 1 atom stereocenters. The summed E-state index contributed by atoms with van der Waals surface area (Å²) < 4.78 is 0. The van der Waals surface area contributed by atoms with Crippen LogP contribution in [-0.4, -0.2) is 35.6 Å². The molecule has 2 bridgehead atoms. The SMILES string of the molecule is Clc1c(CNC2CN3CCC2CC3)[nH]c2ccccc12. The fraction of sp³-hybridized carbons (Fsp3) is 0.500. The van der Waals surface area contributed by atoms with Gasteiger partial charge in [-0.2, -0.15) is 0 Å². The third-order valence-corrected chi connectivity index (χ3v) is 5.34. The first kappa shape index (κ1) is 12.7. The van der Waals surface area contributed by atoms with Gasteiger partial charge in [0.05, 0.1) is 5.02 Å². The zero-order valence-corrected chi connectivity index (χ0v) is 12.3. The fourth-order valence-electron chi connectivity index (χ4n) is 3.71. The molecule has 0 saturated carbocycles. The van der Waals surface area contributed by atoms with Gasteiger partial charge in [-0.1, -0.05) is 29.8 Å². The summed E-state index contributed by atoms with van der Waals surface area (Å²) in [6.07, 6.45) is 2.69. The highest BCUT2D eigenvalue weighted by molar-refractivity contribution is 6.36. The van der Waals surface area contributed by atoms with Gasteiger partial charge in [0.1, 0.15) is 0 Å². The lowest BCUT2D eigenvalue weighted by Crippen LogP contribution is -2.55. The van der Waals surface area contributed by atoms with Crippen LogP contribution in [-0.2, 0) is 6.54 Å². The van der Waals surface area contributed by atoms with Gasteiger partial charge in [-0.25, -0.2) is 0 Å². The Labute approximate surface area is 124 Å². The van der Waals surface area contributed by atoms with Crippen molar-refractivity contribution >= 4 is 22.5 Å². The van der Waals surface area contributed by atoms with Crippen LogP contribution >= 0.6 is 11.6 Å². The maximum absolute atomic E-state index is 6.47. The Bertz CT molecular complexity index is 613. The lowest BCUT2D eigenvalue weighted by molar-refractivity contribution is 0.0719. The average Bonchev–Trinajstić information content (AvgIpc) is 2.83. The summed E-state index contributed by atoms with van der Waals surface area (Å²) in [6.45, 7) is 4.61. The van der Waals surface area contributed by atoms with Gasteiger partial charge in [0.2, 0.25) is 0 Å². The molecule has 106 valence electrons. The summed E-state index contributed by atoms with van der Waals surface area (Å²) in [5.41, 5.74) is 2.24. The van der Waals surface area contributed by atoms with Crippen molar-refractivity contribution in [2.24, 2.45) is 5.92 Å². The van der Waals surface area contributed by atoms with Gasteiger partial charge in [-0.05, 0) is 37.9 Å². The number of piperidine rings is 3. The van der Waals surface area contributed by atoms with Crippen molar-refractivity contribution in [3.63, 3.8) is 0 Å².